The molecule has 1 atom stereocenters. The number of hydrogen-bond donors (Lipinski definition) is 0. The van der Waals surface area contributed by atoms with Gasteiger partial charge in [0, 0.05) is 6.08 Å². The monoisotopic (exact) mass is 230 g/mol. The van der Waals surface area contributed by atoms with Crippen LogP contribution in [0.15, 0.2) is 48.6 Å². The summed E-state index contributed by atoms with van der Waals surface area (Å²) in [6.45, 7) is 3.86. The lowest BCUT2D eigenvalue weighted by Gasteiger charge is -2.07. The van der Waals surface area contributed by atoms with Crippen LogP contribution in [0.2, 0.25) is 0 Å². The van der Waals surface area contributed by atoms with E-state index in [9.17, 15) is 4.79 Å². The SMILES string of the molecule is CCC(C)OC(=O)C=CC=Cc1ccccc1. The van der Waals surface area contributed by atoms with E-state index in [0.29, 0.717) is 0 Å². The van der Waals surface area contributed by atoms with Crippen LogP contribution in [0.5, 0.6) is 0 Å². The van der Waals surface area contributed by atoms with E-state index in [4.69, 9.17) is 4.74 Å². The van der Waals surface area contributed by atoms with Crippen molar-refractivity contribution in [2.24, 2.45) is 0 Å². The molecule has 0 aliphatic carbocycles. The van der Waals surface area contributed by atoms with Gasteiger partial charge >= 0.3 is 5.97 Å². The number of rotatable bonds is 5. The summed E-state index contributed by atoms with van der Waals surface area (Å²) >= 11 is 0. The Balaban J connectivity index is 2.40. The van der Waals surface area contributed by atoms with Gasteiger partial charge in [0.2, 0.25) is 0 Å². The molecule has 0 aromatic heterocycles. The minimum absolute atomic E-state index is 0.0229. The van der Waals surface area contributed by atoms with Crippen molar-refractivity contribution in [2.75, 3.05) is 0 Å². The predicted molar refractivity (Wildman–Crippen MR) is 70.5 cm³/mol. The largest absolute Gasteiger partial charge is 0.460 e. The molecule has 0 saturated carbocycles. The Morgan fingerprint density at radius 2 is 2.00 bits per heavy atom. The molecule has 17 heavy (non-hydrogen) atoms. The first-order chi connectivity index (χ1) is 8.22. The van der Waals surface area contributed by atoms with Crippen LogP contribution in [0.3, 0.4) is 0 Å². The summed E-state index contributed by atoms with van der Waals surface area (Å²) in [4.78, 5) is 11.3. The average Bonchev–Trinajstić information content (AvgIpc) is 2.36. The van der Waals surface area contributed by atoms with Gasteiger partial charge in [0.15, 0.2) is 0 Å². The number of carbonyl (C=O) groups excluding carboxylic acids is 1. The first-order valence-corrected chi connectivity index (χ1v) is 5.82. The van der Waals surface area contributed by atoms with Gasteiger partial charge < -0.3 is 4.74 Å². The smallest absolute Gasteiger partial charge is 0.331 e. The van der Waals surface area contributed by atoms with Crippen LogP contribution in [0, 0.1) is 0 Å². The zero-order valence-corrected chi connectivity index (χ0v) is 10.3. The van der Waals surface area contributed by atoms with E-state index in [0.717, 1.165) is 12.0 Å². The molecule has 1 rings (SSSR count). The van der Waals surface area contributed by atoms with Crippen molar-refractivity contribution in [2.45, 2.75) is 26.4 Å². The molecule has 0 radical (unpaired) electrons. The fourth-order valence-corrected chi connectivity index (χ4v) is 1.19. The second-order valence-corrected chi connectivity index (χ2v) is 3.78. The van der Waals surface area contributed by atoms with Gasteiger partial charge in [-0.3, -0.25) is 0 Å². The van der Waals surface area contributed by atoms with Crippen molar-refractivity contribution in [1.29, 1.82) is 0 Å². The van der Waals surface area contributed by atoms with Crippen LogP contribution in [-0.4, -0.2) is 12.1 Å². The molecule has 1 aromatic rings. The predicted octanol–water partition coefficient (Wildman–Crippen LogP) is 3.60. The van der Waals surface area contributed by atoms with Gasteiger partial charge in [-0.15, -0.1) is 0 Å². The second-order valence-electron chi connectivity index (χ2n) is 3.78. The Kier molecular flexibility index (Phi) is 5.80. The molecule has 0 bridgehead atoms. The molecule has 1 unspecified atom stereocenters. The fourth-order valence-electron chi connectivity index (χ4n) is 1.19. The van der Waals surface area contributed by atoms with E-state index >= 15 is 0 Å². The lowest BCUT2D eigenvalue weighted by atomic mass is 10.2. The zero-order chi connectivity index (χ0) is 12.5. The topological polar surface area (TPSA) is 26.3 Å². The standard InChI is InChI=1S/C15H18O2/c1-3-13(2)17-15(16)12-8-7-11-14-9-5-4-6-10-14/h4-13H,3H2,1-2H3. The van der Waals surface area contributed by atoms with Crippen molar-refractivity contribution in [1.82, 2.24) is 0 Å². The highest BCUT2D eigenvalue weighted by Crippen LogP contribution is 2.01. The lowest BCUT2D eigenvalue weighted by molar-refractivity contribution is -0.142. The van der Waals surface area contributed by atoms with Crippen molar-refractivity contribution in [3.63, 3.8) is 0 Å². The maximum atomic E-state index is 11.3. The summed E-state index contributed by atoms with van der Waals surface area (Å²) in [5.41, 5.74) is 1.10. The number of hydrogen-bond acceptors (Lipinski definition) is 2. The van der Waals surface area contributed by atoms with Crippen LogP contribution in [-0.2, 0) is 9.53 Å². The molecule has 0 fully saturated rings. The van der Waals surface area contributed by atoms with E-state index in [1.807, 2.05) is 56.3 Å². The summed E-state index contributed by atoms with van der Waals surface area (Å²) in [6.07, 6.45) is 7.70. The van der Waals surface area contributed by atoms with Crippen LogP contribution >= 0.6 is 0 Å². The van der Waals surface area contributed by atoms with Crippen LogP contribution in [0.4, 0.5) is 0 Å². The van der Waals surface area contributed by atoms with Crippen molar-refractivity contribution in [3.8, 4) is 0 Å². The molecule has 0 spiro atoms. The van der Waals surface area contributed by atoms with Gasteiger partial charge in [-0.25, -0.2) is 4.79 Å². The maximum absolute atomic E-state index is 11.3. The van der Waals surface area contributed by atoms with Gasteiger partial charge in [-0.05, 0) is 18.9 Å². The molecular weight excluding hydrogens is 212 g/mol. The summed E-state index contributed by atoms with van der Waals surface area (Å²) in [5.74, 6) is -0.294. The number of esters is 1. The molecule has 2 heteroatoms. The normalized spacial score (nSPS) is 13.1. The summed E-state index contributed by atoms with van der Waals surface area (Å²) in [6, 6.07) is 9.92. The summed E-state index contributed by atoms with van der Waals surface area (Å²) in [7, 11) is 0. The third kappa shape index (κ3) is 5.71. The highest BCUT2D eigenvalue weighted by Gasteiger charge is 2.02. The third-order valence-electron chi connectivity index (χ3n) is 2.32. The first-order valence-electron chi connectivity index (χ1n) is 5.82. The Morgan fingerprint density at radius 3 is 2.65 bits per heavy atom. The van der Waals surface area contributed by atoms with Crippen molar-refractivity contribution < 1.29 is 9.53 Å². The van der Waals surface area contributed by atoms with Crippen molar-refractivity contribution >= 4 is 12.0 Å². The number of allylic oxidation sites excluding steroid dienone is 2. The molecule has 2 nitrogen and oxygen atoms in total. The molecule has 0 aliphatic heterocycles. The van der Waals surface area contributed by atoms with E-state index in [2.05, 4.69) is 0 Å². The maximum Gasteiger partial charge on any atom is 0.331 e. The second kappa shape index (κ2) is 7.44. The molecule has 0 saturated heterocycles. The highest BCUT2D eigenvalue weighted by atomic mass is 16.5. The van der Waals surface area contributed by atoms with Gasteiger partial charge in [-0.2, -0.15) is 0 Å². The van der Waals surface area contributed by atoms with Gasteiger partial charge in [0.1, 0.15) is 0 Å². The fraction of sp³-hybridized carbons (Fsp3) is 0.267. The Morgan fingerprint density at radius 1 is 1.29 bits per heavy atom. The van der Waals surface area contributed by atoms with E-state index in [1.165, 1.54) is 6.08 Å². The van der Waals surface area contributed by atoms with Crippen LogP contribution in [0.25, 0.3) is 6.08 Å². The third-order valence-corrected chi connectivity index (χ3v) is 2.32. The van der Waals surface area contributed by atoms with Gasteiger partial charge in [0.05, 0.1) is 6.10 Å². The van der Waals surface area contributed by atoms with Gasteiger partial charge in [-0.1, -0.05) is 55.5 Å². The Hall–Kier alpha value is -1.83. The van der Waals surface area contributed by atoms with E-state index in [1.54, 1.807) is 6.08 Å². The number of carbonyl (C=O) groups is 1. The van der Waals surface area contributed by atoms with Crippen LogP contribution < -0.4 is 0 Å². The summed E-state index contributed by atoms with van der Waals surface area (Å²) in [5, 5.41) is 0. The Labute approximate surface area is 103 Å². The lowest BCUT2D eigenvalue weighted by Crippen LogP contribution is -2.11. The minimum atomic E-state index is -0.294. The quantitative estimate of drug-likeness (QED) is 0.439. The van der Waals surface area contributed by atoms with Crippen molar-refractivity contribution in [3.05, 3.63) is 54.1 Å². The molecule has 1 aromatic carbocycles. The zero-order valence-electron chi connectivity index (χ0n) is 10.3. The molecule has 0 N–H and O–H groups in total. The van der Waals surface area contributed by atoms with E-state index < -0.39 is 0 Å². The summed E-state index contributed by atoms with van der Waals surface area (Å²) < 4.78 is 5.09. The molecule has 90 valence electrons. The molecule has 0 heterocycles. The highest BCUT2D eigenvalue weighted by molar-refractivity contribution is 5.82. The first kappa shape index (κ1) is 13.2. The molecule has 0 amide bonds. The van der Waals surface area contributed by atoms with E-state index in [-0.39, 0.29) is 12.1 Å². The number of ether oxygens (including phenoxy) is 1. The van der Waals surface area contributed by atoms with Crippen LogP contribution in [0.1, 0.15) is 25.8 Å². The molecular formula is C15H18O2. The number of benzene rings is 1. The minimum Gasteiger partial charge on any atom is -0.460 e. The van der Waals surface area contributed by atoms with Gasteiger partial charge in [0.25, 0.3) is 0 Å². The average molecular weight is 230 g/mol. The molecule has 0 aliphatic rings. The Bertz CT molecular complexity index is 391.